The van der Waals surface area contributed by atoms with Gasteiger partial charge in [-0.3, -0.25) is 5.32 Å². The summed E-state index contributed by atoms with van der Waals surface area (Å²) in [5.74, 6) is 5.55. The van der Waals surface area contributed by atoms with Crippen LogP contribution in [-0.2, 0) is 0 Å². The highest BCUT2D eigenvalue weighted by Crippen LogP contribution is 2.42. The van der Waals surface area contributed by atoms with E-state index in [9.17, 15) is 0 Å². The van der Waals surface area contributed by atoms with Gasteiger partial charge in [-0.1, -0.05) is 140 Å². The molecule has 41 heavy (non-hydrogen) atoms. The number of allylic oxidation sites excluding steroid dienone is 7. The maximum absolute atomic E-state index is 5.34. The van der Waals surface area contributed by atoms with E-state index in [4.69, 9.17) is 11.4 Å². The lowest BCUT2D eigenvalue weighted by atomic mass is 9.42. The third-order valence-electron chi connectivity index (χ3n) is 7.66. The molecule has 0 spiro atoms. The first-order valence-electron chi connectivity index (χ1n) is 14.5. The molecule has 0 radical (unpaired) electrons. The third kappa shape index (κ3) is 10.9. The number of hydrogen-bond acceptors (Lipinski definition) is 2. The van der Waals surface area contributed by atoms with Gasteiger partial charge in [0.25, 0.3) is 0 Å². The van der Waals surface area contributed by atoms with E-state index in [1.54, 1.807) is 6.08 Å². The van der Waals surface area contributed by atoms with Crippen molar-refractivity contribution < 1.29 is 0 Å². The van der Waals surface area contributed by atoms with E-state index in [-0.39, 0.29) is 17.0 Å². The van der Waals surface area contributed by atoms with E-state index in [1.165, 1.54) is 0 Å². The number of nitrogens with one attached hydrogen (secondary N) is 2. The van der Waals surface area contributed by atoms with Crippen LogP contribution in [0.15, 0.2) is 115 Å². The first-order valence-corrected chi connectivity index (χ1v) is 14.5. The summed E-state index contributed by atoms with van der Waals surface area (Å²) in [7, 11) is 0. The Morgan fingerprint density at radius 2 is 1.73 bits per heavy atom. The van der Waals surface area contributed by atoms with Gasteiger partial charge in [0.05, 0.1) is 0 Å². The molecule has 0 aliphatic rings. The van der Waals surface area contributed by atoms with E-state index in [1.807, 2.05) is 42.6 Å². The molecule has 2 aromatic carbocycles. The van der Waals surface area contributed by atoms with Crippen molar-refractivity contribution >= 4 is 18.1 Å². The molecule has 0 bridgehead atoms. The summed E-state index contributed by atoms with van der Waals surface area (Å²) in [5.41, 5.74) is 4.71. The van der Waals surface area contributed by atoms with Gasteiger partial charge in [0.1, 0.15) is 12.0 Å². The van der Waals surface area contributed by atoms with Crippen LogP contribution in [0.25, 0.3) is 5.57 Å². The minimum Gasteiger partial charge on any atom is -0.346 e. The molecule has 2 aromatic rings. The number of terminal acetylenes is 1. The number of benzene rings is 2. The summed E-state index contributed by atoms with van der Waals surface area (Å²) in [6.45, 7) is 21.4. The minimum absolute atomic E-state index is 0.196. The molecule has 1 atom stereocenters. The molecule has 214 valence electrons. The van der Waals surface area contributed by atoms with E-state index in [0.717, 1.165) is 41.0 Å². The molecule has 0 aliphatic carbocycles. The Hall–Kier alpha value is -3.81. The average molecular weight is 546 g/mol. The number of hydrogen-bond donors (Lipinski definition) is 2. The molecule has 0 aromatic heterocycles. The predicted octanol–water partition coefficient (Wildman–Crippen LogP) is 8.90. The smallest absolute Gasteiger partial charge is 0.163 e. The van der Waals surface area contributed by atoms with E-state index < -0.39 is 0 Å². The third-order valence-corrected chi connectivity index (χ3v) is 7.66. The van der Waals surface area contributed by atoms with Crippen molar-refractivity contribution in [3.63, 3.8) is 0 Å². The van der Waals surface area contributed by atoms with Crippen LogP contribution in [0.4, 0.5) is 0 Å². The molecule has 0 saturated carbocycles. The Labute approximate surface area is 250 Å². The Morgan fingerprint density at radius 1 is 1.02 bits per heavy atom. The zero-order valence-electron chi connectivity index (χ0n) is 26.1. The van der Waals surface area contributed by atoms with E-state index in [0.29, 0.717) is 6.71 Å². The molecule has 2 N–H and O–H groups in total. The Balaban J connectivity index is 2.41. The highest BCUT2D eigenvalue weighted by molar-refractivity contribution is 6.63. The summed E-state index contributed by atoms with van der Waals surface area (Å²) in [5, 5.41) is 6.87. The minimum atomic E-state index is -0.196. The van der Waals surface area contributed by atoms with Gasteiger partial charge in [-0.25, -0.2) is 4.99 Å². The molecule has 0 aliphatic heterocycles. The zero-order chi connectivity index (χ0) is 30.3. The second-order valence-corrected chi connectivity index (χ2v) is 12.0. The van der Waals surface area contributed by atoms with Crippen LogP contribution in [0, 0.1) is 23.2 Å². The predicted molar refractivity (Wildman–Crippen MR) is 183 cm³/mol. The molecular formula is C37H48BN3. The maximum atomic E-state index is 5.34. The van der Waals surface area contributed by atoms with E-state index in [2.05, 4.69) is 126 Å². The molecule has 2 rings (SSSR count). The monoisotopic (exact) mass is 545 g/mol. The normalized spacial score (nSPS) is 14.0. The van der Waals surface area contributed by atoms with Gasteiger partial charge < -0.3 is 5.32 Å². The molecule has 4 heteroatoms. The second-order valence-electron chi connectivity index (χ2n) is 12.0. The summed E-state index contributed by atoms with van der Waals surface area (Å²) in [6, 6.07) is 18.7. The van der Waals surface area contributed by atoms with Gasteiger partial charge in [-0.05, 0) is 52.3 Å². The summed E-state index contributed by atoms with van der Waals surface area (Å²) in [4.78, 5) is 5.11. The topological polar surface area (TPSA) is 36.4 Å². The summed E-state index contributed by atoms with van der Waals surface area (Å²) in [6.07, 6.45) is 19.7. The van der Waals surface area contributed by atoms with Crippen LogP contribution in [0.5, 0.6) is 0 Å². The fraction of sp³-hybridized carbons (Fsp3) is 0.324. The van der Waals surface area contributed by atoms with Crippen molar-refractivity contribution in [1.29, 1.82) is 0 Å². The number of amidine groups is 1. The second kappa shape index (κ2) is 16.5. The average Bonchev–Trinajstić information content (AvgIpc) is 2.94. The highest BCUT2D eigenvalue weighted by atomic mass is 15.1. The van der Waals surface area contributed by atoms with Crippen LogP contribution in [-0.4, -0.2) is 19.1 Å². The molecular weight excluding hydrogens is 497 g/mol. The first-order chi connectivity index (χ1) is 19.5. The number of rotatable bonds is 13. The Bertz CT molecular complexity index is 1300. The number of nitrogens with zero attached hydrogens (tertiary/aromatic N) is 1. The standard InChI is InChI=1S/C37H48BN3/c1-10-13-14-18-27-40-35(41-34(39-12-3)31-21-16-15-17-22-31)33-24-19-23-32(28-33)30(11-2)25-20-26-38(9)29-37(7,8)36(4,5)6/h1,11,13-28,34,39H,2,12,29H2,3-9H3,(H,40,41)/b14-13-,26-20-,27-18-,30-25+. The van der Waals surface area contributed by atoms with Crippen molar-refractivity contribution in [3.8, 4) is 12.3 Å². The molecule has 0 fully saturated rings. The lowest BCUT2D eigenvalue weighted by Gasteiger charge is -2.40. The number of aliphatic imine (C=N–C) groups is 1. The van der Waals surface area contributed by atoms with Crippen molar-refractivity contribution in [2.45, 2.75) is 60.9 Å². The van der Waals surface area contributed by atoms with Crippen molar-refractivity contribution in [2.24, 2.45) is 15.8 Å². The summed E-state index contributed by atoms with van der Waals surface area (Å²) >= 11 is 0. The van der Waals surface area contributed by atoms with Crippen LogP contribution >= 0.6 is 0 Å². The zero-order valence-corrected chi connectivity index (χ0v) is 26.1. The van der Waals surface area contributed by atoms with Crippen LogP contribution in [0.3, 0.4) is 0 Å². The molecule has 0 saturated heterocycles. The molecule has 1 unspecified atom stereocenters. The van der Waals surface area contributed by atoms with Crippen molar-refractivity contribution in [3.05, 3.63) is 126 Å². The fourth-order valence-corrected chi connectivity index (χ4v) is 4.34. The van der Waals surface area contributed by atoms with Gasteiger partial charge in [-0.2, -0.15) is 0 Å². The Kier molecular flexibility index (Phi) is 13.4. The largest absolute Gasteiger partial charge is 0.346 e. The van der Waals surface area contributed by atoms with Gasteiger partial charge in [0, 0.05) is 11.8 Å². The maximum Gasteiger partial charge on any atom is 0.163 e. The van der Waals surface area contributed by atoms with Gasteiger partial charge in [0.2, 0.25) is 0 Å². The fourth-order valence-electron chi connectivity index (χ4n) is 4.34. The molecule has 0 heterocycles. The van der Waals surface area contributed by atoms with Gasteiger partial charge >= 0.3 is 0 Å². The molecule has 3 nitrogen and oxygen atoms in total. The Morgan fingerprint density at radius 3 is 2.37 bits per heavy atom. The van der Waals surface area contributed by atoms with Gasteiger partial charge in [-0.15, -0.1) is 12.4 Å². The van der Waals surface area contributed by atoms with Crippen LogP contribution in [0.1, 0.15) is 64.4 Å². The quantitative estimate of drug-likeness (QED) is 0.0867. The van der Waals surface area contributed by atoms with Gasteiger partial charge in [0.15, 0.2) is 6.71 Å². The van der Waals surface area contributed by atoms with Crippen molar-refractivity contribution in [2.75, 3.05) is 6.54 Å². The van der Waals surface area contributed by atoms with Crippen LogP contribution < -0.4 is 10.6 Å². The van der Waals surface area contributed by atoms with Crippen LogP contribution in [0.2, 0.25) is 13.1 Å². The van der Waals surface area contributed by atoms with E-state index >= 15 is 0 Å². The lowest BCUT2D eigenvalue weighted by molar-refractivity contribution is 0.156. The SMILES string of the molecule is C#C/C=C\C=C/NC(=NC(NCC)c1ccccc1)c1cccc(/C(C=C)=C/C=C\B(C)CC(C)(C)C(C)(C)C)c1. The molecule has 0 amide bonds. The first kappa shape index (κ1) is 33.4. The van der Waals surface area contributed by atoms with Crippen molar-refractivity contribution in [1.82, 2.24) is 10.6 Å². The summed E-state index contributed by atoms with van der Waals surface area (Å²) < 4.78 is 0. The highest BCUT2D eigenvalue weighted by Gasteiger charge is 2.33. The lowest BCUT2D eigenvalue weighted by Crippen LogP contribution is -2.32.